The van der Waals surface area contributed by atoms with Gasteiger partial charge in [0.15, 0.2) is 0 Å². The first-order valence-electron chi connectivity index (χ1n) is 11.6. The number of nitrogens with two attached hydrogens (primary N) is 1. The summed E-state index contributed by atoms with van der Waals surface area (Å²) >= 11 is 0. The molecule has 3 aliphatic rings. The predicted octanol–water partition coefficient (Wildman–Crippen LogP) is 3.49. The minimum atomic E-state index is -0.112. The molecule has 7 heteroatoms. The maximum atomic E-state index is 13.3. The Morgan fingerprint density at radius 2 is 1.91 bits per heavy atom. The molecule has 0 aromatic carbocycles. The number of nitrogens with zero attached hydrogens (tertiary/aromatic N) is 5. The molecule has 33 heavy (non-hydrogen) atoms. The van der Waals surface area contributed by atoms with Crippen LogP contribution in [0.2, 0.25) is 0 Å². The van der Waals surface area contributed by atoms with Crippen molar-refractivity contribution in [1.29, 1.82) is 0 Å². The Morgan fingerprint density at radius 3 is 2.67 bits per heavy atom. The van der Waals surface area contributed by atoms with Gasteiger partial charge in [-0.3, -0.25) is 14.7 Å². The number of likely N-dealkylation sites (tertiary alicyclic amines) is 1. The first-order valence-corrected chi connectivity index (χ1v) is 11.6. The van der Waals surface area contributed by atoms with Crippen LogP contribution in [0.1, 0.15) is 43.8 Å². The second-order valence-electron chi connectivity index (χ2n) is 9.33. The van der Waals surface area contributed by atoms with E-state index < -0.39 is 0 Å². The number of amides is 1. The summed E-state index contributed by atoms with van der Waals surface area (Å²) in [7, 11) is 0. The van der Waals surface area contributed by atoms with Crippen LogP contribution in [0.15, 0.2) is 66.3 Å². The second-order valence-corrected chi connectivity index (χ2v) is 9.33. The third-order valence-electron chi connectivity index (χ3n) is 6.58. The summed E-state index contributed by atoms with van der Waals surface area (Å²) in [5.74, 6) is -0.0924. The number of carbonyl (C=O) groups excluding carboxylic acids is 1. The van der Waals surface area contributed by atoms with Crippen LogP contribution in [0.4, 0.5) is 0 Å². The van der Waals surface area contributed by atoms with Gasteiger partial charge in [0.25, 0.3) is 5.91 Å². The molecule has 5 heterocycles. The van der Waals surface area contributed by atoms with E-state index in [2.05, 4.69) is 29.8 Å². The van der Waals surface area contributed by atoms with Gasteiger partial charge < -0.3 is 10.6 Å². The molecule has 2 N–H and O–H groups in total. The number of fused-ring (bicyclic) bond motifs is 2. The Hall–Kier alpha value is -3.45. The first-order chi connectivity index (χ1) is 15.8. The quantitative estimate of drug-likeness (QED) is 0.787. The van der Waals surface area contributed by atoms with Crippen LogP contribution < -0.4 is 5.73 Å². The fourth-order valence-corrected chi connectivity index (χ4v) is 4.54. The van der Waals surface area contributed by atoms with E-state index in [0.717, 1.165) is 71.9 Å². The van der Waals surface area contributed by atoms with Gasteiger partial charge in [-0.25, -0.2) is 4.52 Å². The van der Waals surface area contributed by atoms with E-state index in [-0.39, 0.29) is 11.4 Å². The number of rotatable bonds is 3. The van der Waals surface area contributed by atoms with E-state index in [1.54, 1.807) is 11.0 Å². The normalized spacial score (nSPS) is 21.8. The molecule has 2 aromatic rings. The van der Waals surface area contributed by atoms with Crippen LogP contribution in [-0.2, 0) is 11.2 Å². The van der Waals surface area contributed by atoms with E-state index in [9.17, 15) is 4.79 Å². The Balaban J connectivity index is 1.46. The lowest BCUT2D eigenvalue weighted by Gasteiger charge is -2.39. The van der Waals surface area contributed by atoms with Gasteiger partial charge in [0.2, 0.25) is 0 Å². The van der Waals surface area contributed by atoms with Gasteiger partial charge in [0, 0.05) is 42.2 Å². The second kappa shape index (κ2) is 8.15. The number of allylic oxidation sites excluding steroid dienone is 6. The third kappa shape index (κ3) is 4.16. The van der Waals surface area contributed by atoms with Gasteiger partial charge in [0.05, 0.1) is 34.5 Å². The molecule has 1 fully saturated rings. The summed E-state index contributed by atoms with van der Waals surface area (Å²) < 4.78 is 1.86. The molecule has 1 amide bonds. The molecule has 2 aromatic heterocycles. The molecule has 0 bridgehead atoms. The van der Waals surface area contributed by atoms with E-state index >= 15 is 0 Å². The molecule has 0 radical (unpaired) electrons. The van der Waals surface area contributed by atoms with E-state index in [4.69, 9.17) is 10.8 Å². The van der Waals surface area contributed by atoms with Crippen molar-refractivity contribution in [2.75, 3.05) is 13.1 Å². The number of aryl methyl sites for hydroxylation is 2. The van der Waals surface area contributed by atoms with Crippen molar-refractivity contribution in [2.45, 2.75) is 45.6 Å². The molecular weight excluding hydrogens is 412 g/mol. The zero-order valence-electron chi connectivity index (χ0n) is 19.5. The monoisotopic (exact) mass is 442 g/mol. The van der Waals surface area contributed by atoms with Crippen molar-refractivity contribution in [2.24, 2.45) is 5.73 Å². The van der Waals surface area contributed by atoms with Gasteiger partial charge in [-0.15, -0.1) is 0 Å². The molecule has 3 aliphatic heterocycles. The molecule has 0 unspecified atom stereocenters. The van der Waals surface area contributed by atoms with Crippen LogP contribution in [0.3, 0.4) is 0 Å². The molecule has 0 aliphatic carbocycles. The zero-order valence-corrected chi connectivity index (χ0v) is 19.5. The van der Waals surface area contributed by atoms with Gasteiger partial charge in [-0.2, -0.15) is 5.10 Å². The third-order valence-corrected chi connectivity index (χ3v) is 6.58. The highest BCUT2D eigenvalue weighted by Gasteiger charge is 2.28. The first kappa shape index (κ1) is 21.4. The zero-order chi connectivity index (χ0) is 23.2. The summed E-state index contributed by atoms with van der Waals surface area (Å²) in [6.07, 6.45) is 18.2. The maximum absolute atomic E-state index is 13.3. The average molecular weight is 443 g/mol. The molecule has 170 valence electrons. The number of aromatic nitrogens is 3. The average Bonchev–Trinajstić information content (AvgIpc) is 3.20. The van der Waals surface area contributed by atoms with Crippen LogP contribution in [-0.4, -0.2) is 48.9 Å². The smallest absolute Gasteiger partial charge is 0.255 e. The van der Waals surface area contributed by atoms with Crippen LogP contribution in [0.25, 0.3) is 11.1 Å². The van der Waals surface area contributed by atoms with Crippen molar-refractivity contribution in [3.8, 4) is 0 Å². The molecule has 1 saturated heterocycles. The standard InChI is InChI=1S/C26H30N6O/c1-4-22-24-15-23(29-32(24)16-18(2)28-22)19-6-5-7-20-8-9-21(17-31(20)25(33)14-19)30-12-10-26(3,27)11-13-30/h5-9,14-17H,4,10-13,27H2,1-3H3/b6-5?,19-14?,20-7+. The highest BCUT2D eigenvalue weighted by molar-refractivity contribution is 5.99. The van der Waals surface area contributed by atoms with E-state index in [1.165, 1.54) is 0 Å². The fraction of sp³-hybridized carbons (Fsp3) is 0.346. The highest BCUT2D eigenvalue weighted by atomic mass is 16.2. The Bertz CT molecular complexity index is 1260. The number of carbonyl (C=O) groups is 1. The van der Waals surface area contributed by atoms with Gasteiger partial charge in [-0.1, -0.05) is 19.1 Å². The maximum Gasteiger partial charge on any atom is 0.255 e. The van der Waals surface area contributed by atoms with Gasteiger partial charge in [-0.05, 0) is 57.4 Å². The van der Waals surface area contributed by atoms with Crippen LogP contribution in [0, 0.1) is 6.92 Å². The van der Waals surface area contributed by atoms with Crippen molar-refractivity contribution >= 4 is 17.0 Å². The van der Waals surface area contributed by atoms with Crippen LogP contribution in [0.5, 0.6) is 0 Å². The Kier molecular flexibility index (Phi) is 5.29. The summed E-state index contributed by atoms with van der Waals surface area (Å²) in [6, 6.07) is 2.01. The van der Waals surface area contributed by atoms with Crippen molar-refractivity contribution in [3.63, 3.8) is 0 Å². The van der Waals surface area contributed by atoms with Crippen molar-refractivity contribution in [1.82, 2.24) is 24.4 Å². The number of piperidine rings is 1. The molecule has 7 nitrogen and oxygen atoms in total. The number of hydrogen-bond donors (Lipinski definition) is 1. The lowest BCUT2D eigenvalue weighted by atomic mass is 9.90. The van der Waals surface area contributed by atoms with Gasteiger partial charge >= 0.3 is 0 Å². The molecule has 0 spiro atoms. The lowest BCUT2D eigenvalue weighted by Crippen LogP contribution is -2.48. The number of hydrogen-bond acceptors (Lipinski definition) is 5. The van der Waals surface area contributed by atoms with E-state index in [0.29, 0.717) is 0 Å². The van der Waals surface area contributed by atoms with Gasteiger partial charge in [0.1, 0.15) is 0 Å². The summed E-state index contributed by atoms with van der Waals surface area (Å²) in [6.45, 7) is 7.94. The molecular formula is C26H30N6O. The lowest BCUT2D eigenvalue weighted by molar-refractivity contribution is -0.122. The topological polar surface area (TPSA) is 79.8 Å². The van der Waals surface area contributed by atoms with E-state index in [1.807, 2.05) is 54.2 Å². The SMILES string of the molecule is CCc1nc(C)cn2nc(C3=CC(=O)N4C=C(N5CCC(C)(N)CC5)C=C/C4=C\C=C3)cc12. The predicted molar refractivity (Wildman–Crippen MR) is 130 cm³/mol. The minimum Gasteiger partial charge on any atom is -0.370 e. The summed E-state index contributed by atoms with van der Waals surface area (Å²) in [5.41, 5.74) is 12.5. The summed E-state index contributed by atoms with van der Waals surface area (Å²) in [5, 5.41) is 4.73. The highest BCUT2D eigenvalue weighted by Crippen LogP contribution is 2.28. The molecule has 0 saturated carbocycles. The Labute approximate surface area is 194 Å². The van der Waals surface area contributed by atoms with Crippen molar-refractivity contribution in [3.05, 3.63) is 83.4 Å². The summed E-state index contributed by atoms with van der Waals surface area (Å²) in [4.78, 5) is 22.0. The molecule has 5 rings (SSSR count). The minimum absolute atomic E-state index is 0.0924. The molecule has 0 atom stereocenters. The largest absolute Gasteiger partial charge is 0.370 e. The van der Waals surface area contributed by atoms with Crippen molar-refractivity contribution < 1.29 is 4.79 Å². The fourth-order valence-electron chi connectivity index (χ4n) is 4.54. The Morgan fingerprint density at radius 1 is 1.15 bits per heavy atom. The van der Waals surface area contributed by atoms with Crippen LogP contribution >= 0.6 is 0 Å².